The Labute approximate surface area is 172 Å². The topological polar surface area (TPSA) is 140 Å². The van der Waals surface area contributed by atoms with Gasteiger partial charge in [-0.2, -0.15) is 0 Å². The van der Waals surface area contributed by atoms with Crippen LogP contribution >= 0.6 is 23.2 Å². The van der Waals surface area contributed by atoms with Crippen LogP contribution in [0.2, 0.25) is 10.0 Å². The molecule has 0 aliphatic heterocycles. The summed E-state index contributed by atoms with van der Waals surface area (Å²) < 4.78 is 49.7. The maximum Gasteiger partial charge on any atom is 0.222 e. The number of halogens is 2. The average Bonchev–Trinajstić information content (AvgIpc) is 3.09. The highest BCUT2D eigenvalue weighted by atomic mass is 35.5. The Morgan fingerprint density at radius 2 is 1.57 bits per heavy atom. The largest absolute Gasteiger partial charge is 0.506 e. The fourth-order valence-electron chi connectivity index (χ4n) is 3.30. The lowest BCUT2D eigenvalue weighted by Crippen LogP contribution is -2.25. The molecule has 0 bridgehead atoms. The van der Waals surface area contributed by atoms with Gasteiger partial charge in [0.15, 0.2) is 14.9 Å². The van der Waals surface area contributed by atoms with Gasteiger partial charge in [0.05, 0.1) is 5.25 Å². The van der Waals surface area contributed by atoms with Crippen molar-refractivity contribution in [1.82, 2.24) is 10.2 Å². The molecule has 12 heteroatoms. The predicted octanol–water partition coefficient (Wildman–Crippen LogP) is 2.58. The Bertz CT molecular complexity index is 1100. The minimum absolute atomic E-state index is 0.0657. The van der Waals surface area contributed by atoms with Gasteiger partial charge in [-0.15, -0.1) is 10.2 Å². The van der Waals surface area contributed by atoms with Crippen LogP contribution in [0.4, 0.5) is 0 Å². The first-order chi connectivity index (χ1) is 13.0. The minimum Gasteiger partial charge on any atom is -0.506 e. The number of aromatic nitrogens is 2. The quantitative estimate of drug-likeness (QED) is 0.690. The standard InChI is InChI=1S/C16H17Cl2N3O5S2/c17-10-5-9(6-11(18)7-10)16(28(19,25)26)15-13(22)8-14(20-21-15)27(23,24)12-3-1-2-4-12/h5-8,12,16H,1-4H2,(H,20,22)(H2,19,25,26). The lowest BCUT2D eigenvalue weighted by atomic mass is 10.1. The van der Waals surface area contributed by atoms with Crippen LogP contribution in [0.3, 0.4) is 0 Å². The Hall–Kier alpha value is -1.46. The molecule has 1 aromatic heterocycles. The predicted molar refractivity (Wildman–Crippen MR) is 105 cm³/mol. The average molecular weight is 466 g/mol. The van der Waals surface area contributed by atoms with Crippen molar-refractivity contribution < 1.29 is 21.9 Å². The molecule has 1 aromatic carbocycles. The second-order valence-electron chi connectivity index (χ2n) is 6.58. The number of nitrogens with zero attached hydrogens (tertiary/aromatic N) is 2. The fraction of sp³-hybridized carbons (Fsp3) is 0.375. The van der Waals surface area contributed by atoms with Crippen molar-refractivity contribution in [2.75, 3.05) is 0 Å². The van der Waals surface area contributed by atoms with Crippen molar-refractivity contribution in [3.8, 4) is 5.75 Å². The van der Waals surface area contributed by atoms with Crippen LogP contribution in [0.15, 0.2) is 29.3 Å². The van der Waals surface area contributed by atoms with Gasteiger partial charge in [0.25, 0.3) is 0 Å². The molecule has 0 spiro atoms. The molecule has 1 fully saturated rings. The zero-order valence-corrected chi connectivity index (χ0v) is 17.6. The third kappa shape index (κ3) is 4.25. The van der Waals surface area contributed by atoms with Crippen LogP contribution in [0, 0.1) is 0 Å². The van der Waals surface area contributed by atoms with Gasteiger partial charge in [-0.05, 0) is 36.6 Å². The maximum absolute atomic E-state index is 12.6. The molecule has 0 saturated heterocycles. The van der Waals surface area contributed by atoms with Gasteiger partial charge < -0.3 is 5.11 Å². The van der Waals surface area contributed by atoms with Crippen LogP contribution in [0.1, 0.15) is 42.2 Å². The fourth-order valence-corrected chi connectivity index (χ4v) is 6.56. The molecule has 3 N–H and O–H groups in total. The maximum atomic E-state index is 12.6. The molecule has 28 heavy (non-hydrogen) atoms. The summed E-state index contributed by atoms with van der Waals surface area (Å²) in [6, 6.07) is 4.93. The highest BCUT2D eigenvalue weighted by molar-refractivity contribution is 7.92. The van der Waals surface area contributed by atoms with E-state index in [0.29, 0.717) is 12.8 Å². The first-order valence-electron chi connectivity index (χ1n) is 8.28. The molecule has 1 aliphatic rings. The van der Waals surface area contributed by atoms with Crippen molar-refractivity contribution in [2.45, 2.75) is 41.2 Å². The lowest BCUT2D eigenvalue weighted by molar-refractivity contribution is 0.455. The molecule has 3 rings (SSSR count). The molecule has 152 valence electrons. The van der Waals surface area contributed by atoms with E-state index in [1.807, 2.05) is 0 Å². The second kappa shape index (κ2) is 7.75. The summed E-state index contributed by atoms with van der Waals surface area (Å²) in [7, 11) is -8.09. The summed E-state index contributed by atoms with van der Waals surface area (Å²) in [5.41, 5.74) is -0.345. The van der Waals surface area contributed by atoms with E-state index in [-0.39, 0.29) is 15.6 Å². The van der Waals surface area contributed by atoms with Crippen LogP contribution in [0.5, 0.6) is 5.75 Å². The highest BCUT2D eigenvalue weighted by Crippen LogP contribution is 2.37. The Morgan fingerprint density at radius 1 is 1.00 bits per heavy atom. The van der Waals surface area contributed by atoms with Crippen LogP contribution in [-0.4, -0.2) is 37.4 Å². The van der Waals surface area contributed by atoms with Crippen LogP contribution in [0.25, 0.3) is 0 Å². The van der Waals surface area contributed by atoms with Crippen LogP contribution in [-0.2, 0) is 19.9 Å². The van der Waals surface area contributed by atoms with Crippen molar-refractivity contribution in [3.05, 3.63) is 45.6 Å². The molecule has 1 unspecified atom stereocenters. The molecule has 1 heterocycles. The van der Waals surface area contributed by atoms with Gasteiger partial charge >= 0.3 is 0 Å². The number of hydrogen-bond donors (Lipinski definition) is 2. The summed E-state index contributed by atoms with van der Waals surface area (Å²) in [6.45, 7) is 0. The summed E-state index contributed by atoms with van der Waals surface area (Å²) in [4.78, 5) is 0. The van der Waals surface area contributed by atoms with E-state index in [0.717, 1.165) is 18.9 Å². The third-order valence-corrected chi connectivity index (χ3v) is 8.30. The molecule has 2 aromatic rings. The Morgan fingerprint density at radius 3 is 2.07 bits per heavy atom. The smallest absolute Gasteiger partial charge is 0.222 e. The molecule has 1 saturated carbocycles. The number of sulfonamides is 1. The number of benzene rings is 1. The number of primary sulfonamides is 1. The van der Waals surface area contributed by atoms with E-state index in [2.05, 4.69) is 10.2 Å². The number of aromatic hydroxyl groups is 1. The van der Waals surface area contributed by atoms with E-state index >= 15 is 0 Å². The number of nitrogens with two attached hydrogens (primary N) is 1. The number of sulfone groups is 1. The van der Waals surface area contributed by atoms with E-state index in [1.54, 1.807) is 0 Å². The number of rotatable bonds is 5. The minimum atomic E-state index is -4.32. The van der Waals surface area contributed by atoms with E-state index in [4.69, 9.17) is 28.3 Å². The normalized spacial score (nSPS) is 17.0. The monoisotopic (exact) mass is 465 g/mol. The van der Waals surface area contributed by atoms with E-state index in [1.165, 1.54) is 18.2 Å². The first-order valence-corrected chi connectivity index (χ1v) is 12.2. The Balaban J connectivity index is 2.10. The van der Waals surface area contributed by atoms with Gasteiger partial charge in [0.1, 0.15) is 16.7 Å². The lowest BCUT2D eigenvalue weighted by Gasteiger charge is -2.17. The van der Waals surface area contributed by atoms with Crippen molar-refractivity contribution in [2.24, 2.45) is 5.14 Å². The van der Waals surface area contributed by atoms with Gasteiger partial charge in [0.2, 0.25) is 10.0 Å². The zero-order valence-electron chi connectivity index (χ0n) is 14.4. The second-order valence-corrected chi connectivity index (χ2v) is 11.3. The van der Waals surface area contributed by atoms with Gasteiger partial charge in [-0.3, -0.25) is 0 Å². The summed E-state index contributed by atoms with van der Waals surface area (Å²) >= 11 is 11.9. The van der Waals surface area contributed by atoms with Crippen molar-refractivity contribution in [1.29, 1.82) is 0 Å². The summed E-state index contributed by atoms with van der Waals surface area (Å²) in [5, 5.41) is 20.8. The molecule has 1 atom stereocenters. The SMILES string of the molecule is NS(=O)(=O)C(c1cc(Cl)cc(Cl)c1)c1nnc(S(=O)(=O)C2CCCC2)cc1O. The summed E-state index contributed by atoms with van der Waals surface area (Å²) in [5.74, 6) is -0.651. The van der Waals surface area contributed by atoms with Crippen molar-refractivity contribution in [3.63, 3.8) is 0 Å². The Kier molecular flexibility index (Phi) is 5.88. The van der Waals surface area contributed by atoms with Crippen molar-refractivity contribution >= 4 is 43.1 Å². The molecule has 0 amide bonds. The van der Waals surface area contributed by atoms with Gasteiger partial charge in [0, 0.05) is 16.1 Å². The third-order valence-electron chi connectivity index (χ3n) is 4.58. The highest BCUT2D eigenvalue weighted by Gasteiger charge is 2.35. The van der Waals surface area contributed by atoms with Gasteiger partial charge in [-0.25, -0.2) is 22.0 Å². The molecular formula is C16H17Cl2N3O5S2. The summed E-state index contributed by atoms with van der Waals surface area (Å²) in [6.07, 6.45) is 2.61. The van der Waals surface area contributed by atoms with E-state index in [9.17, 15) is 21.9 Å². The molecule has 8 nitrogen and oxygen atoms in total. The van der Waals surface area contributed by atoms with E-state index < -0.39 is 46.8 Å². The zero-order chi connectivity index (χ0) is 20.7. The molecule has 1 aliphatic carbocycles. The molecule has 0 radical (unpaired) electrons. The van der Waals surface area contributed by atoms with Crippen LogP contribution < -0.4 is 5.14 Å². The first kappa shape index (κ1) is 21.3. The van der Waals surface area contributed by atoms with Gasteiger partial charge in [-0.1, -0.05) is 36.0 Å². The number of hydrogen-bond acceptors (Lipinski definition) is 7. The molecular weight excluding hydrogens is 449 g/mol.